The smallest absolute Gasteiger partial charge is 0.160 e. The predicted molar refractivity (Wildman–Crippen MR) is 92.2 cm³/mol. The van der Waals surface area contributed by atoms with Crippen molar-refractivity contribution >= 4 is 5.78 Å². The molecule has 3 N–H and O–H groups in total. The van der Waals surface area contributed by atoms with Gasteiger partial charge in [-0.25, -0.2) is 0 Å². The van der Waals surface area contributed by atoms with Crippen LogP contribution in [0.2, 0.25) is 0 Å². The molecule has 2 aromatic rings. The van der Waals surface area contributed by atoms with E-state index in [2.05, 4.69) is 0 Å². The highest BCUT2D eigenvalue weighted by molar-refractivity contribution is 5.79. The number of aryl methyl sites for hydroxylation is 1. The number of phenolic OH excluding ortho intramolecular Hbond substituents is 2. The summed E-state index contributed by atoms with van der Waals surface area (Å²) in [6.45, 7) is 0. The largest absolute Gasteiger partial charge is 0.504 e. The molecule has 0 fully saturated rings. The van der Waals surface area contributed by atoms with Gasteiger partial charge in [0.1, 0.15) is 5.78 Å². The van der Waals surface area contributed by atoms with Crippen LogP contribution in [-0.4, -0.2) is 35.3 Å². The van der Waals surface area contributed by atoms with E-state index >= 15 is 0 Å². The Kier molecular flexibility index (Phi) is 6.25. The van der Waals surface area contributed by atoms with Crippen LogP contribution < -0.4 is 9.47 Å². The van der Waals surface area contributed by atoms with Gasteiger partial charge in [0.15, 0.2) is 23.0 Å². The Morgan fingerprint density at radius 1 is 1.00 bits per heavy atom. The van der Waals surface area contributed by atoms with E-state index < -0.39 is 6.10 Å². The summed E-state index contributed by atoms with van der Waals surface area (Å²) in [5.74, 6) is 0.549. The zero-order valence-electron chi connectivity index (χ0n) is 14.2. The number of hydrogen-bond acceptors (Lipinski definition) is 6. The molecular formula is C19H22O6. The lowest BCUT2D eigenvalue weighted by Crippen LogP contribution is -2.08. The van der Waals surface area contributed by atoms with E-state index in [4.69, 9.17) is 9.47 Å². The number of ketones is 1. The summed E-state index contributed by atoms with van der Waals surface area (Å²) >= 11 is 0. The molecule has 0 saturated carbocycles. The van der Waals surface area contributed by atoms with E-state index in [1.165, 1.54) is 32.4 Å². The molecule has 0 saturated heterocycles. The number of methoxy groups -OCH3 is 2. The molecule has 0 radical (unpaired) electrons. The molecule has 2 aromatic carbocycles. The molecule has 6 nitrogen and oxygen atoms in total. The molecule has 0 aliphatic heterocycles. The van der Waals surface area contributed by atoms with Crippen LogP contribution in [0.1, 0.15) is 30.1 Å². The zero-order chi connectivity index (χ0) is 18.4. The molecule has 1 atom stereocenters. The van der Waals surface area contributed by atoms with Crippen molar-refractivity contribution in [1.82, 2.24) is 0 Å². The highest BCUT2D eigenvalue weighted by atomic mass is 16.5. The Morgan fingerprint density at radius 3 is 2.24 bits per heavy atom. The first-order valence-electron chi connectivity index (χ1n) is 7.87. The maximum absolute atomic E-state index is 12.1. The number of ether oxygens (including phenoxy) is 2. The van der Waals surface area contributed by atoms with Gasteiger partial charge in [-0.2, -0.15) is 0 Å². The van der Waals surface area contributed by atoms with Crippen molar-refractivity contribution in [1.29, 1.82) is 0 Å². The standard InChI is InChI=1S/C19H22O6/c1-24-18-9-12(4-7-15(18)21)3-6-14(20)11-17(23)13-5-8-16(22)19(10-13)25-2/h4-5,7-10,17,21-23H,3,6,11H2,1-2H3. The molecule has 0 aliphatic carbocycles. The van der Waals surface area contributed by atoms with E-state index in [0.29, 0.717) is 17.7 Å². The number of aromatic hydroxyl groups is 2. The lowest BCUT2D eigenvalue weighted by Gasteiger charge is -2.12. The summed E-state index contributed by atoms with van der Waals surface area (Å²) in [5.41, 5.74) is 1.37. The molecule has 134 valence electrons. The van der Waals surface area contributed by atoms with Gasteiger partial charge in [0.05, 0.1) is 20.3 Å². The van der Waals surface area contributed by atoms with Gasteiger partial charge in [-0.05, 0) is 41.8 Å². The number of Topliss-reactive ketones (excluding diaryl/α,β-unsaturated/α-hetero) is 1. The molecule has 0 spiro atoms. The summed E-state index contributed by atoms with van der Waals surface area (Å²) in [4.78, 5) is 12.1. The minimum absolute atomic E-state index is 0.0222. The molecule has 0 heterocycles. The van der Waals surface area contributed by atoms with Crippen LogP contribution in [0.25, 0.3) is 0 Å². The van der Waals surface area contributed by atoms with E-state index in [9.17, 15) is 20.1 Å². The van der Waals surface area contributed by atoms with Crippen molar-refractivity contribution in [2.24, 2.45) is 0 Å². The fourth-order valence-corrected chi connectivity index (χ4v) is 2.50. The topological polar surface area (TPSA) is 96.2 Å². The zero-order valence-corrected chi connectivity index (χ0v) is 14.2. The second kappa shape index (κ2) is 8.39. The van der Waals surface area contributed by atoms with Crippen molar-refractivity contribution in [2.45, 2.75) is 25.4 Å². The van der Waals surface area contributed by atoms with Crippen molar-refractivity contribution in [3.8, 4) is 23.0 Å². The highest BCUT2D eigenvalue weighted by Crippen LogP contribution is 2.30. The number of hydrogen-bond donors (Lipinski definition) is 3. The lowest BCUT2D eigenvalue weighted by atomic mass is 9.99. The summed E-state index contributed by atoms with van der Waals surface area (Å²) in [5, 5.41) is 29.3. The average Bonchev–Trinajstić information content (AvgIpc) is 2.61. The molecule has 0 bridgehead atoms. The summed E-state index contributed by atoms with van der Waals surface area (Å²) in [7, 11) is 2.88. The van der Waals surface area contributed by atoms with Gasteiger partial charge >= 0.3 is 0 Å². The summed E-state index contributed by atoms with van der Waals surface area (Å²) in [6.07, 6.45) is -0.235. The fraction of sp³-hybridized carbons (Fsp3) is 0.316. The van der Waals surface area contributed by atoms with Crippen molar-refractivity contribution in [2.75, 3.05) is 14.2 Å². The predicted octanol–water partition coefficient (Wildman–Crippen LogP) is 2.74. The van der Waals surface area contributed by atoms with E-state index in [-0.39, 0.29) is 35.9 Å². The van der Waals surface area contributed by atoms with Crippen molar-refractivity contribution in [3.05, 3.63) is 47.5 Å². The van der Waals surface area contributed by atoms with Crippen LogP contribution >= 0.6 is 0 Å². The van der Waals surface area contributed by atoms with Gasteiger partial charge in [0.25, 0.3) is 0 Å². The molecular weight excluding hydrogens is 324 g/mol. The number of benzene rings is 2. The second-order valence-electron chi connectivity index (χ2n) is 5.70. The number of carbonyl (C=O) groups is 1. The van der Waals surface area contributed by atoms with Crippen molar-refractivity contribution in [3.63, 3.8) is 0 Å². The lowest BCUT2D eigenvalue weighted by molar-refractivity contribution is -0.121. The number of carbonyl (C=O) groups excluding carboxylic acids is 1. The van der Waals surface area contributed by atoms with Gasteiger partial charge in [0, 0.05) is 12.8 Å². The maximum Gasteiger partial charge on any atom is 0.160 e. The minimum Gasteiger partial charge on any atom is -0.504 e. The van der Waals surface area contributed by atoms with Crippen LogP contribution in [0.5, 0.6) is 23.0 Å². The van der Waals surface area contributed by atoms with Gasteiger partial charge in [-0.3, -0.25) is 4.79 Å². The van der Waals surface area contributed by atoms with E-state index in [0.717, 1.165) is 5.56 Å². The molecule has 0 aliphatic rings. The minimum atomic E-state index is -0.962. The molecule has 0 amide bonds. The molecule has 1 unspecified atom stereocenters. The van der Waals surface area contributed by atoms with Crippen LogP contribution in [0, 0.1) is 0 Å². The van der Waals surface area contributed by atoms with Gasteiger partial charge < -0.3 is 24.8 Å². The monoisotopic (exact) mass is 346 g/mol. The third-order valence-electron chi connectivity index (χ3n) is 3.95. The van der Waals surface area contributed by atoms with Gasteiger partial charge in [-0.15, -0.1) is 0 Å². The Labute approximate surface area is 146 Å². The molecule has 0 aromatic heterocycles. The third kappa shape index (κ3) is 4.87. The van der Waals surface area contributed by atoms with Crippen LogP contribution in [0.3, 0.4) is 0 Å². The quantitative estimate of drug-likeness (QED) is 0.680. The first-order valence-corrected chi connectivity index (χ1v) is 7.87. The Bertz CT molecular complexity index is 741. The Hall–Kier alpha value is -2.73. The van der Waals surface area contributed by atoms with E-state index in [1.807, 2.05) is 0 Å². The Morgan fingerprint density at radius 2 is 1.60 bits per heavy atom. The number of rotatable bonds is 8. The Balaban J connectivity index is 1.93. The first kappa shape index (κ1) is 18.6. The first-order chi connectivity index (χ1) is 11.9. The number of phenols is 2. The van der Waals surface area contributed by atoms with Crippen LogP contribution in [-0.2, 0) is 11.2 Å². The molecule has 6 heteroatoms. The average molecular weight is 346 g/mol. The van der Waals surface area contributed by atoms with Gasteiger partial charge in [-0.1, -0.05) is 12.1 Å². The number of aliphatic hydroxyl groups is 1. The highest BCUT2D eigenvalue weighted by Gasteiger charge is 2.15. The number of aliphatic hydroxyl groups excluding tert-OH is 1. The van der Waals surface area contributed by atoms with Gasteiger partial charge in [0.2, 0.25) is 0 Å². The second-order valence-corrected chi connectivity index (χ2v) is 5.70. The normalized spacial score (nSPS) is 11.8. The van der Waals surface area contributed by atoms with Crippen molar-refractivity contribution < 1.29 is 29.6 Å². The SMILES string of the molecule is COc1cc(CCC(=O)CC(O)c2ccc(O)c(OC)c2)ccc1O. The third-order valence-corrected chi connectivity index (χ3v) is 3.95. The molecule has 2 rings (SSSR count). The van der Waals surface area contributed by atoms with Crippen LogP contribution in [0.15, 0.2) is 36.4 Å². The maximum atomic E-state index is 12.1. The van der Waals surface area contributed by atoms with E-state index in [1.54, 1.807) is 18.2 Å². The fourth-order valence-electron chi connectivity index (χ4n) is 2.50. The van der Waals surface area contributed by atoms with Crippen LogP contribution in [0.4, 0.5) is 0 Å². The summed E-state index contributed by atoms with van der Waals surface area (Å²) < 4.78 is 10.0. The summed E-state index contributed by atoms with van der Waals surface area (Å²) in [6, 6.07) is 9.43. The molecule has 25 heavy (non-hydrogen) atoms.